The number of carboxylic acids is 1. The summed E-state index contributed by atoms with van der Waals surface area (Å²) in [5, 5.41) is 11.9. The minimum Gasteiger partial charge on any atom is -0.479 e. The van der Waals surface area contributed by atoms with Crippen LogP contribution in [0.2, 0.25) is 0 Å². The molecule has 1 atom stereocenters. The monoisotopic (exact) mass is 305 g/mol. The smallest absolute Gasteiger partial charge is 0.330 e. The summed E-state index contributed by atoms with van der Waals surface area (Å²) in [4.78, 5) is 23.3. The van der Waals surface area contributed by atoms with Crippen LogP contribution in [0.5, 0.6) is 0 Å². The zero-order chi connectivity index (χ0) is 16.5. The van der Waals surface area contributed by atoms with Crippen molar-refractivity contribution in [2.45, 2.75) is 32.7 Å². The van der Waals surface area contributed by atoms with Gasteiger partial charge in [-0.25, -0.2) is 4.79 Å². The van der Waals surface area contributed by atoms with Crippen molar-refractivity contribution in [3.05, 3.63) is 47.5 Å². The van der Waals surface area contributed by atoms with Crippen molar-refractivity contribution in [1.29, 1.82) is 0 Å². The Bertz CT molecular complexity index is 519. The molecule has 0 aliphatic heterocycles. The molecule has 0 aliphatic rings. The van der Waals surface area contributed by atoms with Crippen molar-refractivity contribution < 1.29 is 19.4 Å². The quantitative estimate of drug-likeness (QED) is 0.543. The topological polar surface area (TPSA) is 75.6 Å². The summed E-state index contributed by atoms with van der Waals surface area (Å²) in [6, 6.07) is 4.49. The lowest BCUT2D eigenvalue weighted by molar-refractivity contribution is -0.142. The Hall–Kier alpha value is -2.14. The van der Waals surface area contributed by atoms with E-state index in [0.717, 1.165) is 11.1 Å². The molecule has 0 radical (unpaired) electrons. The van der Waals surface area contributed by atoms with Crippen molar-refractivity contribution in [3.8, 4) is 0 Å². The van der Waals surface area contributed by atoms with Crippen LogP contribution >= 0.6 is 0 Å². The lowest BCUT2D eigenvalue weighted by Gasteiger charge is -2.16. The second-order valence-electron chi connectivity index (χ2n) is 5.23. The third-order valence-corrected chi connectivity index (χ3v) is 3.06. The number of amides is 1. The standard InChI is InChI=1S/C17H23NO4/c1-4-7-22-8-5-6-15(19)18-16(17(20)21)14-10-12(2)9-13(3)11-14/h4,9-11,16H,1,5-8H2,2-3H3,(H,18,19)(H,20,21). The van der Waals surface area contributed by atoms with Crippen LogP contribution < -0.4 is 5.32 Å². The lowest BCUT2D eigenvalue weighted by atomic mass is 10.0. The minimum atomic E-state index is -1.07. The highest BCUT2D eigenvalue weighted by Crippen LogP contribution is 2.17. The van der Waals surface area contributed by atoms with Gasteiger partial charge in [-0.15, -0.1) is 6.58 Å². The Morgan fingerprint density at radius 3 is 2.50 bits per heavy atom. The molecule has 0 fully saturated rings. The summed E-state index contributed by atoms with van der Waals surface area (Å²) in [6.07, 6.45) is 2.41. The number of ether oxygens (including phenoxy) is 1. The van der Waals surface area contributed by atoms with Gasteiger partial charge in [0.05, 0.1) is 6.61 Å². The molecular weight excluding hydrogens is 282 g/mol. The van der Waals surface area contributed by atoms with Crippen LogP contribution in [-0.4, -0.2) is 30.2 Å². The van der Waals surface area contributed by atoms with E-state index in [1.54, 1.807) is 18.2 Å². The maximum Gasteiger partial charge on any atom is 0.330 e. The van der Waals surface area contributed by atoms with E-state index in [1.165, 1.54) is 0 Å². The number of carbonyl (C=O) groups excluding carboxylic acids is 1. The molecule has 5 heteroatoms. The molecule has 1 unspecified atom stereocenters. The van der Waals surface area contributed by atoms with E-state index < -0.39 is 12.0 Å². The third kappa shape index (κ3) is 6.10. The highest BCUT2D eigenvalue weighted by molar-refractivity contribution is 5.84. The van der Waals surface area contributed by atoms with Crippen LogP contribution in [0.25, 0.3) is 0 Å². The molecular formula is C17H23NO4. The first-order chi connectivity index (χ1) is 10.4. The molecule has 0 aliphatic carbocycles. The molecule has 120 valence electrons. The van der Waals surface area contributed by atoms with Gasteiger partial charge >= 0.3 is 5.97 Å². The summed E-state index contributed by atoms with van der Waals surface area (Å²) in [6.45, 7) is 8.22. The van der Waals surface area contributed by atoms with Crippen LogP contribution in [-0.2, 0) is 14.3 Å². The SMILES string of the molecule is C=CCOCCCC(=O)NC(C(=O)O)c1cc(C)cc(C)c1. The zero-order valence-electron chi connectivity index (χ0n) is 13.1. The second kappa shape index (κ2) is 9.00. The predicted octanol–water partition coefficient (Wildman–Crippen LogP) is 2.53. The Kier molecular flexibility index (Phi) is 7.32. The van der Waals surface area contributed by atoms with Gasteiger partial charge in [-0.3, -0.25) is 4.79 Å². The Morgan fingerprint density at radius 2 is 1.95 bits per heavy atom. The number of aliphatic carboxylic acids is 1. The van der Waals surface area contributed by atoms with Gasteiger partial charge in [-0.2, -0.15) is 0 Å². The number of benzene rings is 1. The molecule has 1 aromatic carbocycles. The maximum absolute atomic E-state index is 11.9. The maximum atomic E-state index is 11.9. The normalized spacial score (nSPS) is 11.7. The van der Waals surface area contributed by atoms with Gasteiger partial charge in [-0.05, 0) is 25.8 Å². The molecule has 0 bridgehead atoms. The van der Waals surface area contributed by atoms with E-state index in [0.29, 0.717) is 25.2 Å². The fraction of sp³-hybridized carbons (Fsp3) is 0.412. The van der Waals surface area contributed by atoms with Crippen LogP contribution in [0.3, 0.4) is 0 Å². The molecule has 2 N–H and O–H groups in total. The number of hydrogen-bond donors (Lipinski definition) is 2. The van der Waals surface area contributed by atoms with E-state index in [2.05, 4.69) is 11.9 Å². The second-order valence-corrected chi connectivity index (χ2v) is 5.23. The molecule has 0 spiro atoms. The number of carboxylic acid groups (broad SMARTS) is 1. The lowest BCUT2D eigenvalue weighted by Crippen LogP contribution is -2.33. The van der Waals surface area contributed by atoms with E-state index in [9.17, 15) is 14.7 Å². The zero-order valence-corrected chi connectivity index (χ0v) is 13.1. The van der Waals surface area contributed by atoms with Gasteiger partial charge in [-0.1, -0.05) is 35.4 Å². The van der Waals surface area contributed by atoms with Crippen molar-refractivity contribution in [2.24, 2.45) is 0 Å². The summed E-state index contributed by atoms with van der Waals surface area (Å²) in [5.74, 6) is -1.37. The average Bonchev–Trinajstić information content (AvgIpc) is 2.43. The van der Waals surface area contributed by atoms with Crippen molar-refractivity contribution >= 4 is 11.9 Å². The van der Waals surface area contributed by atoms with Crippen molar-refractivity contribution in [2.75, 3.05) is 13.2 Å². The predicted molar refractivity (Wildman–Crippen MR) is 84.7 cm³/mol. The molecule has 22 heavy (non-hydrogen) atoms. The third-order valence-electron chi connectivity index (χ3n) is 3.06. The molecule has 5 nitrogen and oxygen atoms in total. The molecule has 0 saturated carbocycles. The molecule has 1 rings (SSSR count). The van der Waals surface area contributed by atoms with Crippen molar-refractivity contribution in [3.63, 3.8) is 0 Å². The number of nitrogens with one attached hydrogen (secondary N) is 1. The van der Waals surface area contributed by atoms with Gasteiger partial charge in [0, 0.05) is 13.0 Å². The minimum absolute atomic E-state index is 0.228. The Morgan fingerprint density at radius 1 is 1.32 bits per heavy atom. The number of carbonyl (C=O) groups is 2. The summed E-state index contributed by atoms with van der Waals surface area (Å²) >= 11 is 0. The first-order valence-electron chi connectivity index (χ1n) is 7.23. The summed E-state index contributed by atoms with van der Waals surface area (Å²) in [7, 11) is 0. The molecule has 1 aromatic rings. The van der Waals surface area contributed by atoms with Gasteiger partial charge in [0.1, 0.15) is 0 Å². The largest absolute Gasteiger partial charge is 0.479 e. The fourth-order valence-corrected chi connectivity index (χ4v) is 2.20. The molecule has 1 amide bonds. The van der Waals surface area contributed by atoms with E-state index in [4.69, 9.17) is 4.74 Å². The first kappa shape index (κ1) is 17.9. The van der Waals surface area contributed by atoms with Gasteiger partial charge in [0.15, 0.2) is 6.04 Å². The number of hydrogen-bond acceptors (Lipinski definition) is 3. The fourth-order valence-electron chi connectivity index (χ4n) is 2.20. The van der Waals surface area contributed by atoms with Crippen molar-refractivity contribution in [1.82, 2.24) is 5.32 Å². The first-order valence-corrected chi connectivity index (χ1v) is 7.23. The van der Waals surface area contributed by atoms with E-state index >= 15 is 0 Å². The number of rotatable bonds is 9. The summed E-state index contributed by atoms with van der Waals surface area (Å²) in [5.41, 5.74) is 2.52. The highest BCUT2D eigenvalue weighted by Gasteiger charge is 2.22. The Labute approximate surface area is 131 Å². The van der Waals surface area contributed by atoms with Crippen LogP contribution in [0.15, 0.2) is 30.9 Å². The number of aryl methyl sites for hydroxylation is 2. The molecule has 0 aromatic heterocycles. The van der Waals surface area contributed by atoms with Crippen LogP contribution in [0.4, 0.5) is 0 Å². The molecule has 0 saturated heterocycles. The van der Waals surface area contributed by atoms with E-state index in [-0.39, 0.29) is 12.3 Å². The highest BCUT2D eigenvalue weighted by atomic mass is 16.5. The van der Waals surface area contributed by atoms with Gasteiger partial charge < -0.3 is 15.2 Å². The molecule has 0 heterocycles. The average molecular weight is 305 g/mol. The van der Waals surface area contributed by atoms with Gasteiger partial charge in [0.2, 0.25) is 5.91 Å². The van der Waals surface area contributed by atoms with Gasteiger partial charge in [0.25, 0.3) is 0 Å². The van der Waals surface area contributed by atoms with Crippen LogP contribution in [0, 0.1) is 13.8 Å². The van der Waals surface area contributed by atoms with Crippen LogP contribution in [0.1, 0.15) is 35.6 Å². The van der Waals surface area contributed by atoms with E-state index in [1.807, 2.05) is 19.9 Å². The Balaban J connectivity index is 2.62. The summed E-state index contributed by atoms with van der Waals surface area (Å²) < 4.78 is 5.19.